The Kier molecular flexibility index (Phi) is 8.53. The summed E-state index contributed by atoms with van der Waals surface area (Å²) in [7, 11) is 0. The highest BCUT2D eigenvalue weighted by Crippen LogP contribution is 2.57. The summed E-state index contributed by atoms with van der Waals surface area (Å²) in [5.41, 5.74) is 16.7. The second-order valence-corrected chi connectivity index (χ2v) is 15.4. The highest BCUT2D eigenvalue weighted by atomic mass is 15.2. The van der Waals surface area contributed by atoms with Crippen LogP contribution in [0.5, 0.6) is 0 Å². The predicted molar refractivity (Wildman–Crippen MR) is 242 cm³/mol. The summed E-state index contributed by atoms with van der Waals surface area (Å²) < 4.78 is 0. The molecule has 1 aliphatic heterocycles. The molecule has 0 fully saturated rings. The fourth-order valence-corrected chi connectivity index (χ4v) is 8.92. The van der Waals surface area contributed by atoms with E-state index in [0.717, 1.165) is 17.1 Å². The van der Waals surface area contributed by atoms with Crippen LogP contribution in [0.4, 0.5) is 34.1 Å². The third-order valence-corrected chi connectivity index (χ3v) is 11.6. The lowest BCUT2D eigenvalue weighted by molar-refractivity contribution is 0.634. The van der Waals surface area contributed by atoms with Crippen molar-refractivity contribution in [2.24, 2.45) is 0 Å². The van der Waals surface area contributed by atoms with E-state index in [9.17, 15) is 0 Å². The fraction of sp³-hybridized carbons (Fsp3) is 0.0545. The third-order valence-electron chi connectivity index (χ3n) is 11.6. The normalized spacial score (nSPS) is 12.8. The Morgan fingerprint density at radius 1 is 0.368 bits per heavy atom. The molecule has 0 aromatic heterocycles. The van der Waals surface area contributed by atoms with E-state index < -0.39 is 0 Å². The van der Waals surface area contributed by atoms with E-state index in [1.807, 2.05) is 0 Å². The summed E-state index contributed by atoms with van der Waals surface area (Å²) >= 11 is 0. The fourth-order valence-electron chi connectivity index (χ4n) is 8.92. The Labute approximate surface area is 335 Å². The Morgan fingerprint density at radius 2 is 0.877 bits per heavy atom. The van der Waals surface area contributed by atoms with E-state index in [1.165, 1.54) is 72.3 Å². The zero-order chi connectivity index (χ0) is 38.3. The first-order valence-corrected chi connectivity index (χ1v) is 19.8. The predicted octanol–water partition coefficient (Wildman–Crippen LogP) is 15.4. The van der Waals surface area contributed by atoms with Crippen molar-refractivity contribution in [1.29, 1.82) is 0 Å². The van der Waals surface area contributed by atoms with Gasteiger partial charge in [0, 0.05) is 33.4 Å². The van der Waals surface area contributed by atoms with E-state index in [4.69, 9.17) is 0 Å². The molecule has 2 heteroatoms. The number of benzene rings is 9. The van der Waals surface area contributed by atoms with Gasteiger partial charge >= 0.3 is 0 Å². The minimum absolute atomic E-state index is 0.256. The van der Waals surface area contributed by atoms with Crippen LogP contribution in [0.25, 0.3) is 44.2 Å². The molecule has 2 nitrogen and oxygen atoms in total. The molecule has 0 aliphatic carbocycles. The molecule has 0 amide bonds. The van der Waals surface area contributed by atoms with Crippen LogP contribution in [0.3, 0.4) is 0 Å². The van der Waals surface area contributed by atoms with Crippen LogP contribution in [0.2, 0.25) is 0 Å². The summed E-state index contributed by atoms with van der Waals surface area (Å²) in [6.07, 6.45) is 0. The second kappa shape index (κ2) is 14.2. The van der Waals surface area contributed by atoms with Crippen molar-refractivity contribution < 1.29 is 0 Å². The van der Waals surface area contributed by atoms with Gasteiger partial charge in [0.1, 0.15) is 0 Å². The van der Waals surface area contributed by atoms with Crippen molar-refractivity contribution in [2.75, 3.05) is 9.80 Å². The third kappa shape index (κ3) is 5.98. The maximum absolute atomic E-state index is 2.54. The summed E-state index contributed by atoms with van der Waals surface area (Å²) in [5.74, 6) is 0. The van der Waals surface area contributed by atoms with Crippen molar-refractivity contribution >= 4 is 44.9 Å². The lowest BCUT2D eigenvalue weighted by Crippen LogP contribution is -2.31. The lowest BCUT2D eigenvalue weighted by Gasteiger charge is -2.44. The van der Waals surface area contributed by atoms with E-state index in [2.05, 4.69) is 242 Å². The van der Waals surface area contributed by atoms with Gasteiger partial charge < -0.3 is 9.80 Å². The van der Waals surface area contributed by atoms with Gasteiger partial charge in [0.2, 0.25) is 0 Å². The first-order valence-electron chi connectivity index (χ1n) is 19.8. The minimum Gasteiger partial charge on any atom is -0.311 e. The molecule has 9 aromatic rings. The molecule has 57 heavy (non-hydrogen) atoms. The van der Waals surface area contributed by atoms with Crippen molar-refractivity contribution in [3.63, 3.8) is 0 Å². The van der Waals surface area contributed by atoms with Crippen LogP contribution < -0.4 is 9.80 Å². The van der Waals surface area contributed by atoms with Gasteiger partial charge in [0.05, 0.1) is 17.1 Å². The van der Waals surface area contributed by atoms with Crippen LogP contribution in [-0.4, -0.2) is 0 Å². The van der Waals surface area contributed by atoms with Gasteiger partial charge in [-0.15, -0.1) is 0 Å². The number of nitrogens with zero attached hydrogens (tertiary/aromatic N) is 2. The summed E-state index contributed by atoms with van der Waals surface area (Å²) in [4.78, 5) is 4.84. The van der Waals surface area contributed by atoms with Gasteiger partial charge in [0.15, 0.2) is 0 Å². The molecule has 0 unspecified atom stereocenters. The standard InChI is InChI=1S/C55H42N2/c1-55(2)50-26-14-15-27-51(50)57(54-48-24-13-12-19-42(48)35-38-49(54)41-17-6-3-7-18-41)52-28-16-25-47(53(52)55)43-31-29-39(30-32-43)40-33-36-46(37-34-40)56(44-20-8-4-9-21-44)45-22-10-5-11-23-45/h3-38H,1-2H3. The molecule has 0 spiro atoms. The Morgan fingerprint density at radius 3 is 1.56 bits per heavy atom. The number of hydrogen-bond donors (Lipinski definition) is 0. The molecule has 0 N–H and O–H groups in total. The molecular formula is C55H42N2. The van der Waals surface area contributed by atoms with Crippen molar-refractivity contribution in [3.05, 3.63) is 230 Å². The smallest absolute Gasteiger partial charge is 0.0618 e. The van der Waals surface area contributed by atoms with Crippen molar-refractivity contribution in [3.8, 4) is 33.4 Å². The highest BCUT2D eigenvalue weighted by Gasteiger charge is 2.39. The van der Waals surface area contributed by atoms with E-state index in [0.29, 0.717) is 0 Å². The molecule has 10 rings (SSSR count). The van der Waals surface area contributed by atoms with Crippen molar-refractivity contribution in [2.45, 2.75) is 19.3 Å². The Hall–Kier alpha value is -7.16. The van der Waals surface area contributed by atoms with Crippen LogP contribution >= 0.6 is 0 Å². The Bertz CT molecular complexity index is 2800. The number of anilines is 6. The van der Waals surface area contributed by atoms with Gasteiger partial charge in [-0.3, -0.25) is 0 Å². The lowest BCUT2D eigenvalue weighted by atomic mass is 9.70. The summed E-state index contributed by atoms with van der Waals surface area (Å²) in [5, 5.41) is 2.46. The molecule has 0 saturated carbocycles. The number of para-hydroxylation sites is 3. The molecular weight excluding hydrogens is 689 g/mol. The number of rotatable bonds is 7. The van der Waals surface area contributed by atoms with Crippen LogP contribution in [0.15, 0.2) is 218 Å². The number of fused-ring (bicyclic) bond motifs is 3. The number of hydrogen-bond acceptors (Lipinski definition) is 2. The minimum atomic E-state index is -0.256. The zero-order valence-corrected chi connectivity index (χ0v) is 32.2. The quantitative estimate of drug-likeness (QED) is 0.161. The van der Waals surface area contributed by atoms with E-state index >= 15 is 0 Å². The van der Waals surface area contributed by atoms with E-state index in [-0.39, 0.29) is 5.41 Å². The van der Waals surface area contributed by atoms with Gasteiger partial charge in [-0.05, 0) is 92.9 Å². The van der Waals surface area contributed by atoms with Crippen LogP contribution in [0.1, 0.15) is 25.0 Å². The molecule has 272 valence electrons. The van der Waals surface area contributed by atoms with Gasteiger partial charge in [-0.2, -0.15) is 0 Å². The largest absolute Gasteiger partial charge is 0.311 e. The maximum atomic E-state index is 2.54. The first-order chi connectivity index (χ1) is 28.1. The SMILES string of the molecule is CC1(C)c2ccccc2N(c2c(-c3ccccc3)ccc3ccccc23)c2cccc(-c3ccc(-c4ccc(N(c5ccccc5)c5ccccc5)cc4)cc3)c21. The van der Waals surface area contributed by atoms with Gasteiger partial charge in [-0.1, -0.05) is 184 Å². The van der Waals surface area contributed by atoms with Gasteiger partial charge in [0.25, 0.3) is 0 Å². The maximum Gasteiger partial charge on any atom is 0.0618 e. The molecule has 1 aliphatic rings. The molecule has 1 heterocycles. The zero-order valence-electron chi connectivity index (χ0n) is 32.2. The highest BCUT2D eigenvalue weighted by molar-refractivity contribution is 6.08. The van der Waals surface area contributed by atoms with Crippen LogP contribution in [-0.2, 0) is 5.41 Å². The van der Waals surface area contributed by atoms with E-state index in [1.54, 1.807) is 0 Å². The molecule has 0 saturated heterocycles. The average molecular weight is 731 g/mol. The van der Waals surface area contributed by atoms with Crippen molar-refractivity contribution in [1.82, 2.24) is 0 Å². The second-order valence-electron chi connectivity index (χ2n) is 15.4. The van der Waals surface area contributed by atoms with Crippen LogP contribution in [0, 0.1) is 0 Å². The first kappa shape index (κ1) is 34.3. The monoisotopic (exact) mass is 730 g/mol. The molecule has 0 atom stereocenters. The Balaban J connectivity index is 1.07. The summed E-state index contributed by atoms with van der Waals surface area (Å²) in [6.45, 7) is 4.77. The topological polar surface area (TPSA) is 6.48 Å². The summed E-state index contributed by atoms with van der Waals surface area (Å²) in [6, 6.07) is 79.2. The molecule has 9 aromatic carbocycles. The molecule has 0 radical (unpaired) electrons. The average Bonchev–Trinajstić information content (AvgIpc) is 3.28. The molecule has 0 bridgehead atoms. The van der Waals surface area contributed by atoms with Gasteiger partial charge in [-0.25, -0.2) is 0 Å².